The molecule has 0 unspecified atom stereocenters. The van der Waals surface area contributed by atoms with E-state index in [9.17, 15) is 9.18 Å². The zero-order chi connectivity index (χ0) is 19.5. The second kappa shape index (κ2) is 7.98. The summed E-state index contributed by atoms with van der Waals surface area (Å²) in [6.07, 6.45) is 0.794. The van der Waals surface area contributed by atoms with E-state index in [1.54, 1.807) is 35.2 Å². The Balaban J connectivity index is 1.68. The van der Waals surface area contributed by atoms with Crippen LogP contribution in [-0.2, 0) is 6.54 Å². The molecular formula is C21H19FN2O3S. The van der Waals surface area contributed by atoms with Gasteiger partial charge in [-0.3, -0.25) is 4.79 Å². The monoisotopic (exact) mass is 398 g/mol. The molecule has 5 nitrogen and oxygen atoms in total. The van der Waals surface area contributed by atoms with Crippen molar-refractivity contribution in [3.05, 3.63) is 69.9 Å². The molecule has 4 rings (SSSR count). The van der Waals surface area contributed by atoms with E-state index >= 15 is 0 Å². The number of fused-ring (bicyclic) bond motifs is 1. The number of halogens is 1. The third-order valence-electron chi connectivity index (χ3n) is 4.36. The molecule has 1 aliphatic rings. The Morgan fingerprint density at radius 2 is 1.89 bits per heavy atom. The molecule has 0 radical (unpaired) electrons. The first kappa shape index (κ1) is 18.4. The normalized spacial score (nSPS) is 13.1. The first-order valence-corrected chi connectivity index (χ1v) is 9.86. The number of rotatable bonds is 4. The molecule has 1 aliphatic heterocycles. The number of thiazole rings is 1. The minimum absolute atomic E-state index is 0.215. The van der Waals surface area contributed by atoms with Crippen molar-refractivity contribution in [1.29, 1.82) is 0 Å². The van der Waals surface area contributed by atoms with Crippen molar-refractivity contribution < 1.29 is 18.7 Å². The number of carbonyl (C=O) groups is 1. The topological polar surface area (TPSA) is 51.7 Å². The predicted octanol–water partition coefficient (Wildman–Crippen LogP) is 4.60. The van der Waals surface area contributed by atoms with Crippen molar-refractivity contribution in [3.8, 4) is 11.5 Å². The number of amides is 1. The van der Waals surface area contributed by atoms with E-state index in [2.05, 4.69) is 4.98 Å². The van der Waals surface area contributed by atoms with Crippen LogP contribution in [-0.4, -0.2) is 24.1 Å². The van der Waals surface area contributed by atoms with Gasteiger partial charge in [0.05, 0.1) is 30.5 Å². The van der Waals surface area contributed by atoms with Crippen molar-refractivity contribution in [1.82, 2.24) is 4.98 Å². The van der Waals surface area contributed by atoms with Gasteiger partial charge in [-0.05, 0) is 49.4 Å². The molecule has 0 aliphatic carbocycles. The minimum atomic E-state index is -0.351. The Kier molecular flexibility index (Phi) is 5.25. The van der Waals surface area contributed by atoms with Crippen LogP contribution in [0.15, 0.2) is 47.8 Å². The zero-order valence-electron chi connectivity index (χ0n) is 15.4. The molecule has 0 bridgehead atoms. The number of aryl methyl sites for hydroxylation is 1. The van der Waals surface area contributed by atoms with Gasteiger partial charge in [-0.1, -0.05) is 0 Å². The van der Waals surface area contributed by atoms with Gasteiger partial charge in [0, 0.05) is 23.1 Å². The van der Waals surface area contributed by atoms with Gasteiger partial charge in [-0.25, -0.2) is 9.37 Å². The second-order valence-electron chi connectivity index (χ2n) is 6.44. The van der Waals surface area contributed by atoms with Gasteiger partial charge in [0.15, 0.2) is 11.5 Å². The fourth-order valence-corrected chi connectivity index (χ4v) is 3.60. The van der Waals surface area contributed by atoms with Crippen LogP contribution < -0.4 is 14.4 Å². The van der Waals surface area contributed by atoms with E-state index in [1.165, 1.54) is 23.5 Å². The van der Waals surface area contributed by atoms with Crippen LogP contribution in [0.4, 0.5) is 10.1 Å². The predicted molar refractivity (Wildman–Crippen MR) is 106 cm³/mol. The molecule has 7 heteroatoms. The summed E-state index contributed by atoms with van der Waals surface area (Å²) in [7, 11) is 0. The summed E-state index contributed by atoms with van der Waals surface area (Å²) in [5.41, 5.74) is 1.86. The lowest BCUT2D eigenvalue weighted by Crippen LogP contribution is -2.30. The van der Waals surface area contributed by atoms with Gasteiger partial charge < -0.3 is 14.4 Å². The SMILES string of the molecule is Cc1nc(CN(C(=O)c2ccc3c(c2)OCCCO3)c2ccc(F)cc2)cs1. The molecule has 2 heterocycles. The highest BCUT2D eigenvalue weighted by Crippen LogP contribution is 2.31. The molecule has 3 aromatic rings. The van der Waals surface area contributed by atoms with Gasteiger partial charge >= 0.3 is 0 Å². The quantitative estimate of drug-likeness (QED) is 0.645. The summed E-state index contributed by atoms with van der Waals surface area (Å²) in [5.74, 6) is 0.633. The minimum Gasteiger partial charge on any atom is -0.490 e. The Labute approximate surface area is 166 Å². The number of hydrogen-bond acceptors (Lipinski definition) is 5. The van der Waals surface area contributed by atoms with Gasteiger partial charge in [0.2, 0.25) is 0 Å². The molecule has 1 aromatic heterocycles. The van der Waals surface area contributed by atoms with Gasteiger partial charge in [0.25, 0.3) is 5.91 Å². The largest absolute Gasteiger partial charge is 0.490 e. The van der Waals surface area contributed by atoms with Crippen LogP contribution in [0.2, 0.25) is 0 Å². The molecule has 0 saturated heterocycles. The first-order valence-electron chi connectivity index (χ1n) is 8.98. The molecule has 0 spiro atoms. The summed E-state index contributed by atoms with van der Waals surface area (Å²) in [4.78, 5) is 19.4. The molecule has 0 N–H and O–H groups in total. The molecular weight excluding hydrogens is 379 g/mol. The standard InChI is InChI=1S/C21H19FN2O3S/c1-14-23-17(13-28-14)12-24(18-6-4-16(22)5-7-18)21(25)15-3-8-19-20(11-15)27-10-2-9-26-19/h3-8,11,13H,2,9-10,12H2,1H3. The summed E-state index contributed by atoms with van der Waals surface area (Å²) in [5, 5.41) is 2.85. The van der Waals surface area contributed by atoms with E-state index in [1.807, 2.05) is 12.3 Å². The summed E-state index contributed by atoms with van der Waals surface area (Å²) < 4.78 is 24.7. The lowest BCUT2D eigenvalue weighted by molar-refractivity contribution is 0.0984. The molecule has 144 valence electrons. The van der Waals surface area contributed by atoms with Crippen molar-refractivity contribution in [3.63, 3.8) is 0 Å². The van der Waals surface area contributed by atoms with Gasteiger partial charge in [-0.2, -0.15) is 0 Å². The van der Waals surface area contributed by atoms with Crippen LogP contribution in [0.25, 0.3) is 0 Å². The maximum Gasteiger partial charge on any atom is 0.258 e. The Hall–Kier alpha value is -2.93. The van der Waals surface area contributed by atoms with Crippen LogP contribution in [0.3, 0.4) is 0 Å². The van der Waals surface area contributed by atoms with E-state index in [-0.39, 0.29) is 11.7 Å². The van der Waals surface area contributed by atoms with Crippen molar-refractivity contribution in [2.45, 2.75) is 19.9 Å². The van der Waals surface area contributed by atoms with Crippen LogP contribution in [0, 0.1) is 12.7 Å². The lowest BCUT2D eigenvalue weighted by atomic mass is 10.1. The zero-order valence-corrected chi connectivity index (χ0v) is 16.2. The smallest absolute Gasteiger partial charge is 0.258 e. The number of nitrogens with zero attached hydrogens (tertiary/aromatic N) is 2. The van der Waals surface area contributed by atoms with E-state index in [4.69, 9.17) is 9.47 Å². The number of ether oxygens (including phenoxy) is 2. The third-order valence-corrected chi connectivity index (χ3v) is 5.19. The summed E-state index contributed by atoms with van der Waals surface area (Å²) in [6, 6.07) is 11.0. The highest BCUT2D eigenvalue weighted by atomic mass is 32.1. The van der Waals surface area contributed by atoms with Gasteiger partial charge in [0.1, 0.15) is 5.82 Å². The van der Waals surface area contributed by atoms with Crippen molar-refractivity contribution >= 4 is 22.9 Å². The maximum atomic E-state index is 13.4. The number of aromatic nitrogens is 1. The highest BCUT2D eigenvalue weighted by Gasteiger charge is 2.22. The Morgan fingerprint density at radius 1 is 1.14 bits per heavy atom. The van der Waals surface area contributed by atoms with Crippen molar-refractivity contribution in [2.24, 2.45) is 0 Å². The summed E-state index contributed by atoms with van der Waals surface area (Å²) in [6.45, 7) is 3.35. The average molecular weight is 398 g/mol. The van der Waals surface area contributed by atoms with Gasteiger partial charge in [-0.15, -0.1) is 11.3 Å². The number of anilines is 1. The average Bonchev–Trinajstić information content (AvgIpc) is 2.97. The summed E-state index contributed by atoms with van der Waals surface area (Å²) >= 11 is 1.53. The van der Waals surface area contributed by atoms with E-state index in [0.29, 0.717) is 42.5 Å². The lowest BCUT2D eigenvalue weighted by Gasteiger charge is -2.22. The molecule has 0 fully saturated rings. The van der Waals surface area contributed by atoms with Crippen LogP contribution >= 0.6 is 11.3 Å². The molecule has 0 atom stereocenters. The molecule has 0 saturated carbocycles. The number of hydrogen-bond donors (Lipinski definition) is 0. The molecule has 2 aromatic carbocycles. The second-order valence-corrected chi connectivity index (χ2v) is 7.50. The van der Waals surface area contributed by atoms with E-state index in [0.717, 1.165) is 17.1 Å². The third kappa shape index (κ3) is 3.99. The Bertz CT molecular complexity index is 988. The van der Waals surface area contributed by atoms with Crippen molar-refractivity contribution in [2.75, 3.05) is 18.1 Å². The number of carbonyl (C=O) groups excluding carboxylic acids is 1. The fourth-order valence-electron chi connectivity index (χ4n) is 3.00. The maximum absolute atomic E-state index is 13.4. The number of benzene rings is 2. The van der Waals surface area contributed by atoms with Crippen LogP contribution in [0.5, 0.6) is 11.5 Å². The van der Waals surface area contributed by atoms with Crippen LogP contribution in [0.1, 0.15) is 27.5 Å². The van der Waals surface area contributed by atoms with E-state index < -0.39 is 0 Å². The Morgan fingerprint density at radius 3 is 2.61 bits per heavy atom. The highest BCUT2D eigenvalue weighted by molar-refractivity contribution is 7.09. The molecule has 28 heavy (non-hydrogen) atoms. The molecule has 1 amide bonds. The fraction of sp³-hybridized carbons (Fsp3) is 0.238. The first-order chi connectivity index (χ1) is 13.6.